The van der Waals surface area contributed by atoms with Crippen LogP contribution in [0, 0.1) is 6.92 Å². The van der Waals surface area contributed by atoms with Crippen molar-refractivity contribution in [2.45, 2.75) is 12.3 Å². The number of benzene rings is 1. The van der Waals surface area contributed by atoms with Gasteiger partial charge in [-0.1, -0.05) is 17.3 Å². The molecule has 1 aromatic heterocycles. The Morgan fingerprint density at radius 3 is 2.82 bits per heavy atom. The fourth-order valence-electron chi connectivity index (χ4n) is 2.48. The van der Waals surface area contributed by atoms with Gasteiger partial charge in [-0.3, -0.25) is 9.69 Å². The predicted molar refractivity (Wildman–Crippen MR) is 83.5 cm³/mol. The Hall–Kier alpha value is -2.15. The lowest BCUT2D eigenvalue weighted by Gasteiger charge is -2.23. The van der Waals surface area contributed by atoms with E-state index in [9.17, 15) is 4.79 Å². The topological polar surface area (TPSA) is 64.8 Å². The monoisotopic (exact) mass is 320 g/mol. The van der Waals surface area contributed by atoms with Gasteiger partial charge in [0.05, 0.1) is 20.0 Å². The first-order chi connectivity index (χ1) is 10.7. The summed E-state index contributed by atoms with van der Waals surface area (Å²) >= 11 is 1.52. The Labute approximate surface area is 132 Å². The maximum absolute atomic E-state index is 12.3. The average Bonchev–Trinajstić information content (AvgIpc) is 3.11. The Morgan fingerprint density at radius 2 is 2.18 bits per heavy atom. The summed E-state index contributed by atoms with van der Waals surface area (Å²) in [6.07, 6.45) is 0. The van der Waals surface area contributed by atoms with E-state index in [1.54, 1.807) is 32.1 Å². The van der Waals surface area contributed by atoms with Crippen LogP contribution >= 0.6 is 11.8 Å². The minimum absolute atomic E-state index is 0.00632. The molecule has 116 valence electrons. The van der Waals surface area contributed by atoms with Crippen molar-refractivity contribution >= 4 is 23.5 Å². The first kappa shape index (κ1) is 14.8. The summed E-state index contributed by atoms with van der Waals surface area (Å²) in [5.41, 5.74) is 0.873. The van der Waals surface area contributed by atoms with E-state index in [0.717, 1.165) is 5.56 Å². The first-order valence-corrected chi connectivity index (χ1v) is 7.78. The molecular weight excluding hydrogens is 304 g/mol. The van der Waals surface area contributed by atoms with Crippen LogP contribution in [0.1, 0.15) is 16.7 Å². The molecule has 0 aliphatic carbocycles. The summed E-state index contributed by atoms with van der Waals surface area (Å²) in [4.78, 5) is 13.9. The summed E-state index contributed by atoms with van der Waals surface area (Å²) in [7, 11) is 3.18. The molecule has 0 saturated carbocycles. The van der Waals surface area contributed by atoms with Crippen LogP contribution in [0.5, 0.6) is 11.5 Å². The molecule has 1 atom stereocenters. The van der Waals surface area contributed by atoms with Crippen molar-refractivity contribution in [3.05, 3.63) is 35.6 Å². The first-order valence-electron chi connectivity index (χ1n) is 6.73. The van der Waals surface area contributed by atoms with Crippen LogP contribution in [-0.2, 0) is 4.79 Å². The van der Waals surface area contributed by atoms with Gasteiger partial charge < -0.3 is 14.0 Å². The SMILES string of the molecule is COc1cccc(C2SCC(=O)N2c2cc(C)on2)c1OC. The van der Waals surface area contributed by atoms with E-state index in [0.29, 0.717) is 28.8 Å². The fraction of sp³-hybridized carbons (Fsp3) is 0.333. The Balaban J connectivity index is 2.05. The minimum atomic E-state index is -0.220. The van der Waals surface area contributed by atoms with Crippen molar-refractivity contribution in [3.8, 4) is 11.5 Å². The third-order valence-corrected chi connectivity index (χ3v) is 4.62. The van der Waals surface area contributed by atoms with Crippen LogP contribution in [0.2, 0.25) is 0 Å². The normalized spacial score (nSPS) is 17.9. The largest absolute Gasteiger partial charge is 0.493 e. The van der Waals surface area contributed by atoms with Crippen LogP contribution in [0.15, 0.2) is 28.8 Å². The molecule has 1 saturated heterocycles. The van der Waals surface area contributed by atoms with Crippen LogP contribution in [0.25, 0.3) is 0 Å². The summed E-state index contributed by atoms with van der Waals surface area (Å²) in [5.74, 6) is 2.82. The number of ether oxygens (including phenoxy) is 2. The molecule has 2 heterocycles. The number of methoxy groups -OCH3 is 2. The lowest BCUT2D eigenvalue weighted by atomic mass is 10.1. The van der Waals surface area contributed by atoms with Crippen molar-refractivity contribution in [2.24, 2.45) is 0 Å². The number of thioether (sulfide) groups is 1. The van der Waals surface area contributed by atoms with Gasteiger partial charge >= 0.3 is 0 Å². The molecule has 0 N–H and O–H groups in total. The lowest BCUT2D eigenvalue weighted by molar-refractivity contribution is -0.115. The number of rotatable bonds is 4. The zero-order chi connectivity index (χ0) is 15.7. The molecule has 1 amide bonds. The number of hydrogen-bond donors (Lipinski definition) is 0. The molecule has 6 nitrogen and oxygen atoms in total. The average molecular weight is 320 g/mol. The predicted octanol–water partition coefficient (Wildman–Crippen LogP) is 2.78. The summed E-state index contributed by atoms with van der Waals surface area (Å²) < 4.78 is 15.9. The van der Waals surface area contributed by atoms with Gasteiger partial charge in [-0.2, -0.15) is 0 Å². The van der Waals surface area contributed by atoms with Crippen LogP contribution in [-0.4, -0.2) is 31.0 Å². The molecule has 22 heavy (non-hydrogen) atoms. The van der Waals surface area contributed by atoms with Gasteiger partial charge in [-0.05, 0) is 13.0 Å². The highest BCUT2D eigenvalue weighted by Crippen LogP contribution is 2.46. The van der Waals surface area contributed by atoms with Gasteiger partial charge in [-0.25, -0.2) is 0 Å². The van der Waals surface area contributed by atoms with E-state index in [2.05, 4.69) is 5.16 Å². The van der Waals surface area contributed by atoms with E-state index in [-0.39, 0.29) is 11.3 Å². The fourth-order valence-corrected chi connectivity index (χ4v) is 3.65. The third-order valence-electron chi connectivity index (χ3n) is 3.43. The number of para-hydroxylation sites is 1. The third kappa shape index (κ3) is 2.41. The number of hydrogen-bond acceptors (Lipinski definition) is 6. The van der Waals surface area contributed by atoms with Gasteiger partial charge in [0.1, 0.15) is 11.1 Å². The zero-order valence-corrected chi connectivity index (χ0v) is 13.3. The van der Waals surface area contributed by atoms with Crippen molar-refractivity contribution in [2.75, 3.05) is 24.9 Å². The van der Waals surface area contributed by atoms with Gasteiger partial charge in [-0.15, -0.1) is 11.8 Å². The van der Waals surface area contributed by atoms with Gasteiger partial charge in [0.15, 0.2) is 17.3 Å². The quantitative estimate of drug-likeness (QED) is 0.863. The van der Waals surface area contributed by atoms with E-state index in [1.165, 1.54) is 11.8 Å². The van der Waals surface area contributed by atoms with Crippen molar-refractivity contribution in [1.29, 1.82) is 0 Å². The molecule has 1 aliphatic rings. The second-order valence-corrected chi connectivity index (χ2v) is 5.87. The molecule has 2 aromatic rings. The molecule has 1 fully saturated rings. The Bertz CT molecular complexity index is 701. The van der Waals surface area contributed by atoms with Crippen LogP contribution in [0.4, 0.5) is 5.82 Å². The van der Waals surface area contributed by atoms with Gasteiger partial charge in [0, 0.05) is 11.6 Å². The molecule has 1 unspecified atom stereocenters. The molecular formula is C15H16N2O4S. The number of aryl methyl sites for hydroxylation is 1. The Kier molecular flexibility index (Phi) is 3.98. The van der Waals surface area contributed by atoms with Crippen molar-refractivity contribution in [1.82, 2.24) is 5.16 Å². The number of carbonyl (C=O) groups is 1. The number of nitrogens with zero attached hydrogens (tertiary/aromatic N) is 2. The molecule has 0 spiro atoms. The molecule has 7 heteroatoms. The lowest BCUT2D eigenvalue weighted by Crippen LogP contribution is -2.28. The van der Waals surface area contributed by atoms with Crippen molar-refractivity contribution < 1.29 is 18.8 Å². The van der Waals surface area contributed by atoms with Crippen LogP contribution < -0.4 is 14.4 Å². The van der Waals surface area contributed by atoms with E-state index >= 15 is 0 Å². The molecule has 1 aromatic carbocycles. The highest BCUT2D eigenvalue weighted by Gasteiger charge is 2.37. The van der Waals surface area contributed by atoms with Crippen LogP contribution in [0.3, 0.4) is 0 Å². The highest BCUT2D eigenvalue weighted by atomic mass is 32.2. The number of anilines is 1. The number of aromatic nitrogens is 1. The second kappa shape index (κ2) is 5.92. The zero-order valence-electron chi connectivity index (χ0n) is 12.5. The molecule has 3 rings (SSSR count). The molecule has 0 bridgehead atoms. The number of carbonyl (C=O) groups excluding carboxylic acids is 1. The maximum Gasteiger partial charge on any atom is 0.239 e. The Morgan fingerprint density at radius 1 is 1.36 bits per heavy atom. The van der Waals surface area contributed by atoms with E-state index in [4.69, 9.17) is 14.0 Å². The minimum Gasteiger partial charge on any atom is -0.493 e. The van der Waals surface area contributed by atoms with Gasteiger partial charge in [0.25, 0.3) is 0 Å². The smallest absolute Gasteiger partial charge is 0.239 e. The van der Waals surface area contributed by atoms with Crippen molar-refractivity contribution in [3.63, 3.8) is 0 Å². The van der Waals surface area contributed by atoms with E-state index < -0.39 is 0 Å². The number of amides is 1. The maximum atomic E-state index is 12.3. The highest BCUT2D eigenvalue weighted by molar-refractivity contribution is 8.00. The van der Waals surface area contributed by atoms with E-state index in [1.807, 2.05) is 18.2 Å². The molecule has 0 radical (unpaired) electrons. The summed E-state index contributed by atoms with van der Waals surface area (Å²) in [6, 6.07) is 7.39. The summed E-state index contributed by atoms with van der Waals surface area (Å²) in [6.45, 7) is 1.80. The standard InChI is InChI=1S/C15H16N2O4S/c1-9-7-12(16-21-9)17-13(18)8-22-15(17)10-5-4-6-11(19-2)14(10)20-3/h4-7,15H,8H2,1-3H3. The van der Waals surface area contributed by atoms with Gasteiger partial charge in [0.2, 0.25) is 5.91 Å². The summed E-state index contributed by atoms with van der Waals surface area (Å²) in [5, 5.41) is 3.75. The second-order valence-electron chi connectivity index (χ2n) is 4.81. The molecule has 1 aliphatic heterocycles.